The van der Waals surface area contributed by atoms with E-state index in [0.717, 1.165) is 18.8 Å². The number of Topliss-reactive ketones (excluding diaryl/α,β-unsaturated/α-hetero) is 1. The number of carboxylic acid groups (broad SMARTS) is 1. The van der Waals surface area contributed by atoms with Crippen molar-refractivity contribution in [2.24, 2.45) is 46.3 Å². The average molecular weight is 391 g/mol. The predicted octanol–water partition coefficient (Wildman–Crippen LogP) is 4.69. The Kier molecular flexibility index (Phi) is 5.17. The van der Waals surface area contributed by atoms with Crippen LogP contribution in [-0.2, 0) is 9.59 Å². The molecule has 4 fully saturated rings. The maximum atomic E-state index is 12.4. The number of hydrogen-bond acceptors (Lipinski definition) is 3. The minimum absolute atomic E-state index is 0.0688. The lowest BCUT2D eigenvalue weighted by molar-refractivity contribution is -0.155. The average Bonchev–Trinajstić information content (AvgIpc) is 2.98. The van der Waals surface area contributed by atoms with Gasteiger partial charge in [0.2, 0.25) is 0 Å². The highest BCUT2D eigenvalue weighted by atomic mass is 16.4. The van der Waals surface area contributed by atoms with Crippen molar-refractivity contribution in [3.63, 3.8) is 0 Å². The van der Waals surface area contributed by atoms with Crippen molar-refractivity contribution in [1.82, 2.24) is 0 Å². The summed E-state index contributed by atoms with van der Waals surface area (Å²) in [5.74, 6) is 3.05. The highest BCUT2D eigenvalue weighted by Crippen LogP contribution is 2.68. The zero-order chi connectivity index (χ0) is 20.3. The minimum atomic E-state index is -0.727. The van der Waals surface area contributed by atoms with Crippen LogP contribution in [0.3, 0.4) is 0 Å². The molecule has 2 N–H and O–H groups in total. The molecule has 4 nitrogen and oxygen atoms in total. The summed E-state index contributed by atoms with van der Waals surface area (Å²) >= 11 is 0. The maximum absolute atomic E-state index is 12.4. The van der Waals surface area contributed by atoms with E-state index in [4.69, 9.17) is 5.11 Å². The number of carboxylic acids is 1. The van der Waals surface area contributed by atoms with Gasteiger partial charge in [0.1, 0.15) is 6.10 Å². The second-order valence-electron chi connectivity index (χ2n) is 11.2. The number of aliphatic hydroxyl groups excluding tert-OH is 1. The van der Waals surface area contributed by atoms with Gasteiger partial charge in [-0.05, 0) is 97.7 Å². The summed E-state index contributed by atoms with van der Waals surface area (Å²) < 4.78 is 0. The summed E-state index contributed by atoms with van der Waals surface area (Å²) in [6, 6.07) is 0. The van der Waals surface area contributed by atoms with Gasteiger partial charge in [-0.25, -0.2) is 0 Å². The van der Waals surface area contributed by atoms with E-state index in [1.807, 2.05) is 0 Å². The number of rotatable bonds is 4. The van der Waals surface area contributed by atoms with Crippen molar-refractivity contribution in [2.75, 3.05) is 0 Å². The zero-order valence-corrected chi connectivity index (χ0v) is 17.8. The Morgan fingerprint density at radius 1 is 1.11 bits per heavy atom. The smallest absolute Gasteiger partial charge is 0.303 e. The van der Waals surface area contributed by atoms with Gasteiger partial charge in [-0.1, -0.05) is 20.8 Å². The van der Waals surface area contributed by atoms with E-state index in [-0.39, 0.29) is 17.6 Å². The molecule has 4 heteroatoms. The second kappa shape index (κ2) is 7.11. The molecule has 0 aliphatic heterocycles. The third-order valence-electron chi connectivity index (χ3n) is 10.1. The first kappa shape index (κ1) is 20.4. The van der Waals surface area contributed by atoms with Gasteiger partial charge in [0.05, 0.1) is 0 Å². The van der Waals surface area contributed by atoms with E-state index in [0.29, 0.717) is 47.8 Å². The lowest BCUT2D eigenvalue weighted by Gasteiger charge is -2.60. The molecule has 158 valence electrons. The molecule has 0 aromatic heterocycles. The van der Waals surface area contributed by atoms with Gasteiger partial charge in [-0.3, -0.25) is 9.59 Å². The Hall–Kier alpha value is -0.900. The van der Waals surface area contributed by atoms with Crippen LogP contribution in [0, 0.1) is 46.3 Å². The van der Waals surface area contributed by atoms with Crippen LogP contribution in [0.5, 0.6) is 0 Å². The summed E-state index contributed by atoms with van der Waals surface area (Å²) in [5, 5.41) is 19.2. The first-order valence-corrected chi connectivity index (χ1v) is 11.6. The third kappa shape index (κ3) is 3.05. The second-order valence-corrected chi connectivity index (χ2v) is 11.2. The summed E-state index contributed by atoms with van der Waals surface area (Å²) in [6.45, 7) is 7.11. The quantitative estimate of drug-likeness (QED) is 0.730. The van der Waals surface area contributed by atoms with E-state index >= 15 is 0 Å². The summed E-state index contributed by atoms with van der Waals surface area (Å²) in [7, 11) is 0. The van der Waals surface area contributed by atoms with Crippen LogP contribution >= 0.6 is 0 Å². The van der Waals surface area contributed by atoms with E-state index in [2.05, 4.69) is 20.8 Å². The van der Waals surface area contributed by atoms with Gasteiger partial charge in [0.25, 0.3) is 0 Å². The molecule has 9 atom stereocenters. The van der Waals surface area contributed by atoms with Crippen LogP contribution in [0.25, 0.3) is 0 Å². The van der Waals surface area contributed by atoms with Gasteiger partial charge in [-0.2, -0.15) is 0 Å². The third-order valence-corrected chi connectivity index (χ3v) is 10.1. The largest absolute Gasteiger partial charge is 0.481 e. The van der Waals surface area contributed by atoms with E-state index < -0.39 is 12.1 Å². The van der Waals surface area contributed by atoms with Gasteiger partial charge in [-0.15, -0.1) is 0 Å². The highest BCUT2D eigenvalue weighted by molar-refractivity contribution is 5.84. The van der Waals surface area contributed by atoms with Crippen LogP contribution in [0.4, 0.5) is 0 Å². The van der Waals surface area contributed by atoms with Crippen LogP contribution in [0.15, 0.2) is 0 Å². The van der Waals surface area contributed by atoms with E-state index in [9.17, 15) is 14.7 Å². The number of carbonyl (C=O) groups is 2. The Bertz CT molecular complexity index is 645. The molecule has 0 bridgehead atoms. The molecule has 0 aromatic rings. The fraction of sp³-hybridized carbons (Fsp3) is 0.917. The van der Waals surface area contributed by atoms with Gasteiger partial charge < -0.3 is 10.2 Å². The number of aliphatic carboxylic acids is 1. The van der Waals surface area contributed by atoms with Crippen molar-refractivity contribution in [3.8, 4) is 0 Å². The monoisotopic (exact) mass is 390 g/mol. The molecule has 4 saturated carbocycles. The molecule has 0 aromatic carbocycles. The Balaban J connectivity index is 1.53. The van der Waals surface area contributed by atoms with Crippen molar-refractivity contribution in [2.45, 2.75) is 91.1 Å². The van der Waals surface area contributed by atoms with Gasteiger partial charge in [0, 0.05) is 12.8 Å². The van der Waals surface area contributed by atoms with Crippen molar-refractivity contribution in [1.29, 1.82) is 0 Å². The van der Waals surface area contributed by atoms with Crippen molar-refractivity contribution in [3.05, 3.63) is 0 Å². The van der Waals surface area contributed by atoms with E-state index in [1.54, 1.807) is 0 Å². The molecule has 4 rings (SSSR count). The molecular weight excluding hydrogens is 352 g/mol. The highest BCUT2D eigenvalue weighted by Gasteiger charge is 2.61. The van der Waals surface area contributed by atoms with E-state index in [1.165, 1.54) is 32.1 Å². The Morgan fingerprint density at radius 3 is 2.54 bits per heavy atom. The van der Waals surface area contributed by atoms with Crippen LogP contribution in [0.1, 0.15) is 85.0 Å². The van der Waals surface area contributed by atoms with Crippen molar-refractivity contribution >= 4 is 11.8 Å². The van der Waals surface area contributed by atoms with Crippen molar-refractivity contribution < 1.29 is 19.8 Å². The topological polar surface area (TPSA) is 74.6 Å². The molecule has 0 spiro atoms. The number of aliphatic hydroxyl groups is 1. The van der Waals surface area contributed by atoms with Crippen LogP contribution in [0.2, 0.25) is 0 Å². The number of ketones is 1. The normalized spacial score (nSPS) is 49.1. The molecule has 4 aliphatic rings. The fourth-order valence-electron chi connectivity index (χ4n) is 8.62. The Labute approximate surface area is 169 Å². The number of hydrogen-bond donors (Lipinski definition) is 2. The zero-order valence-electron chi connectivity index (χ0n) is 17.8. The molecule has 1 unspecified atom stereocenters. The maximum Gasteiger partial charge on any atom is 0.303 e. The lowest BCUT2D eigenvalue weighted by atomic mass is 9.44. The fourth-order valence-corrected chi connectivity index (χ4v) is 8.62. The SMILES string of the molecule is C[C@H](CCC(=O)O)[C@H]1CC[C@H]2[C@@H]3CCC4C[C@H](O)C(=O)C[C@]4(C)[C@H]3CC[C@]12C. The number of fused-ring (bicyclic) bond motifs is 5. The molecular formula is C24H38O4. The van der Waals surface area contributed by atoms with Gasteiger partial charge in [0.15, 0.2) is 5.78 Å². The van der Waals surface area contributed by atoms with Crippen LogP contribution in [-0.4, -0.2) is 28.1 Å². The molecule has 0 saturated heterocycles. The molecule has 0 heterocycles. The molecule has 28 heavy (non-hydrogen) atoms. The summed E-state index contributed by atoms with van der Waals surface area (Å²) in [5.41, 5.74) is 0.411. The van der Waals surface area contributed by atoms with Gasteiger partial charge >= 0.3 is 5.97 Å². The minimum Gasteiger partial charge on any atom is -0.481 e. The molecule has 0 radical (unpaired) electrons. The summed E-state index contributed by atoms with van der Waals surface area (Å²) in [4.78, 5) is 23.4. The Morgan fingerprint density at radius 2 is 1.82 bits per heavy atom. The first-order valence-electron chi connectivity index (χ1n) is 11.6. The molecule has 0 amide bonds. The standard InChI is InChI=1S/C24H38O4/c1-14(4-9-22(27)28)17-7-8-18-16-6-5-15-12-20(25)21(26)13-24(15,3)19(16)10-11-23(17,18)2/h14-20,25H,4-13H2,1-3H3,(H,27,28)/t14-,15?,16+,17-,18+,19+,20+,23-,24+/m1/s1. The lowest BCUT2D eigenvalue weighted by Crippen LogP contribution is -2.56. The summed E-state index contributed by atoms with van der Waals surface area (Å²) in [6.07, 6.45) is 8.95. The van der Waals surface area contributed by atoms with Crippen LogP contribution < -0.4 is 0 Å². The molecule has 4 aliphatic carbocycles. The predicted molar refractivity (Wildman–Crippen MR) is 108 cm³/mol. The number of carbonyl (C=O) groups excluding carboxylic acids is 1. The first-order chi connectivity index (χ1) is 13.2.